The maximum atomic E-state index is 12.5. The Labute approximate surface area is 118 Å². The fourth-order valence-electron chi connectivity index (χ4n) is 3.62. The first-order chi connectivity index (χ1) is 9.70. The van der Waals surface area contributed by atoms with Crippen LogP contribution in [0.25, 0.3) is 0 Å². The van der Waals surface area contributed by atoms with Crippen molar-refractivity contribution in [3.05, 3.63) is 53.6 Å². The van der Waals surface area contributed by atoms with Gasteiger partial charge in [-0.25, -0.2) is 0 Å². The van der Waals surface area contributed by atoms with Gasteiger partial charge in [0.25, 0.3) is 0 Å². The highest BCUT2D eigenvalue weighted by atomic mass is 16.2. The molecule has 1 amide bonds. The van der Waals surface area contributed by atoms with E-state index in [0.717, 1.165) is 30.8 Å². The average Bonchev–Trinajstić information content (AvgIpc) is 2.48. The number of carbonyl (C=O) groups excluding carboxylic acids is 1. The normalized spacial score (nSPS) is 22.3. The Hall–Kier alpha value is -2.16. The van der Waals surface area contributed by atoms with Gasteiger partial charge in [-0.15, -0.1) is 0 Å². The van der Waals surface area contributed by atoms with Crippen LogP contribution in [0.15, 0.2) is 42.5 Å². The van der Waals surface area contributed by atoms with Crippen molar-refractivity contribution < 1.29 is 10.2 Å². The highest BCUT2D eigenvalue weighted by molar-refractivity contribution is 6.04. The number of nitrogens with two attached hydrogens (primary N) is 1. The van der Waals surface area contributed by atoms with Crippen molar-refractivity contribution in [1.29, 1.82) is 0 Å². The zero-order valence-corrected chi connectivity index (χ0v) is 11.3. The molecule has 0 bridgehead atoms. The predicted octanol–water partition coefficient (Wildman–Crippen LogP) is 0.933. The summed E-state index contributed by atoms with van der Waals surface area (Å²) in [6, 6.07) is 6.41. The van der Waals surface area contributed by atoms with Crippen LogP contribution in [0.3, 0.4) is 0 Å². The van der Waals surface area contributed by atoms with Crippen molar-refractivity contribution in [3.63, 3.8) is 0 Å². The van der Waals surface area contributed by atoms with E-state index in [4.69, 9.17) is 5.41 Å². The topological polar surface area (TPSA) is 45.9 Å². The molecule has 0 atom stereocenters. The van der Waals surface area contributed by atoms with Crippen molar-refractivity contribution in [2.75, 3.05) is 11.4 Å². The maximum Gasteiger partial charge on any atom is 0.228 e. The minimum absolute atomic E-state index is 0.222. The van der Waals surface area contributed by atoms with Crippen molar-refractivity contribution in [3.8, 4) is 0 Å². The third kappa shape index (κ3) is 1.46. The molecule has 1 spiro atoms. The summed E-state index contributed by atoms with van der Waals surface area (Å²) < 4.78 is 0. The van der Waals surface area contributed by atoms with Crippen LogP contribution in [0.5, 0.6) is 0 Å². The van der Waals surface area contributed by atoms with Crippen molar-refractivity contribution >= 4 is 17.3 Å². The minimum atomic E-state index is -0.306. The van der Waals surface area contributed by atoms with Gasteiger partial charge >= 0.3 is 0 Å². The molecule has 100 valence electrons. The Morgan fingerprint density at radius 3 is 2.80 bits per heavy atom. The summed E-state index contributed by atoms with van der Waals surface area (Å²) >= 11 is 0. The molecule has 0 fully saturated rings. The molecule has 4 rings (SSSR count). The number of anilines is 1. The number of hydrogen-bond donors (Lipinski definition) is 1. The second-order valence-electron chi connectivity index (χ2n) is 5.85. The zero-order valence-electron chi connectivity index (χ0n) is 11.3. The van der Waals surface area contributed by atoms with Gasteiger partial charge in [0.05, 0.1) is 5.69 Å². The monoisotopic (exact) mass is 265 g/mol. The van der Waals surface area contributed by atoms with E-state index in [2.05, 4.69) is 30.4 Å². The number of carbonyl (C=O) groups is 1. The number of fused-ring (bicyclic) bond motifs is 1. The van der Waals surface area contributed by atoms with E-state index >= 15 is 0 Å². The molecule has 2 N–H and O–H groups in total. The first-order valence-electron chi connectivity index (χ1n) is 7.13. The lowest BCUT2D eigenvalue weighted by atomic mass is 9.70. The quantitative estimate of drug-likeness (QED) is 0.745. The Bertz CT molecular complexity index is 668. The molecule has 0 saturated carbocycles. The Morgan fingerprint density at radius 2 is 2.00 bits per heavy atom. The second-order valence-corrected chi connectivity index (χ2v) is 5.85. The average molecular weight is 265 g/mol. The Morgan fingerprint density at radius 1 is 1.20 bits per heavy atom. The van der Waals surface area contributed by atoms with Crippen LogP contribution >= 0.6 is 0 Å². The molecule has 0 radical (unpaired) electrons. The standard InChI is InChI=1S/C17H16N2O/c18-13-6-8-17(9-7-13)11-15(20)19-10-2-4-12-3-1-5-14(17)16(12)19/h1,3,5-9,18H,2,4,10-11H2/p+1. The van der Waals surface area contributed by atoms with E-state index in [1.165, 1.54) is 11.1 Å². The van der Waals surface area contributed by atoms with Crippen molar-refractivity contribution in [1.82, 2.24) is 0 Å². The summed E-state index contributed by atoms with van der Waals surface area (Å²) in [5.74, 6) is 0.222. The summed E-state index contributed by atoms with van der Waals surface area (Å²) in [7, 11) is 0. The summed E-state index contributed by atoms with van der Waals surface area (Å²) in [5.41, 5.74) is 4.12. The van der Waals surface area contributed by atoms with Gasteiger partial charge in [-0.1, -0.05) is 30.4 Å². The van der Waals surface area contributed by atoms with Crippen LogP contribution in [0.4, 0.5) is 5.69 Å². The zero-order chi connectivity index (χ0) is 13.7. The number of rotatable bonds is 0. The predicted molar refractivity (Wildman–Crippen MR) is 78.6 cm³/mol. The number of hydrogen-bond acceptors (Lipinski definition) is 1. The number of aryl methyl sites for hydroxylation is 1. The number of nitrogens with zero attached hydrogens (tertiary/aromatic N) is 1. The summed E-state index contributed by atoms with van der Waals surface area (Å²) in [6.07, 6.45) is 10.6. The molecule has 1 aromatic rings. The summed E-state index contributed by atoms with van der Waals surface area (Å²) in [6.45, 7) is 0.848. The molecule has 0 unspecified atom stereocenters. The third-order valence-electron chi connectivity index (χ3n) is 4.61. The van der Waals surface area contributed by atoms with E-state index < -0.39 is 0 Å². The molecule has 0 aromatic heterocycles. The third-order valence-corrected chi connectivity index (χ3v) is 4.61. The van der Waals surface area contributed by atoms with E-state index in [1.54, 1.807) is 0 Å². The molecule has 3 aliphatic rings. The van der Waals surface area contributed by atoms with E-state index in [0.29, 0.717) is 6.42 Å². The SMILES string of the molecule is [NH2+]=C1C=CC2(C=C1)CC(=O)N1CCCc3cccc2c31. The van der Waals surface area contributed by atoms with E-state index in [-0.39, 0.29) is 11.3 Å². The fourth-order valence-corrected chi connectivity index (χ4v) is 3.62. The molecule has 0 saturated heterocycles. The largest absolute Gasteiger partial charge is 0.312 e. The maximum absolute atomic E-state index is 12.5. The van der Waals surface area contributed by atoms with E-state index in [1.807, 2.05) is 17.1 Å². The van der Waals surface area contributed by atoms with Crippen LogP contribution in [0.1, 0.15) is 24.0 Å². The molecular weight excluding hydrogens is 248 g/mol. The minimum Gasteiger partial charge on any atom is -0.312 e. The number of para-hydroxylation sites is 1. The Balaban J connectivity index is 1.97. The molecule has 20 heavy (non-hydrogen) atoms. The number of benzene rings is 1. The van der Waals surface area contributed by atoms with Gasteiger partial charge in [-0.3, -0.25) is 10.2 Å². The van der Waals surface area contributed by atoms with Crippen molar-refractivity contribution in [2.45, 2.75) is 24.7 Å². The van der Waals surface area contributed by atoms with Crippen molar-refractivity contribution in [2.24, 2.45) is 0 Å². The van der Waals surface area contributed by atoms with Gasteiger partial charge in [0, 0.05) is 30.5 Å². The smallest absolute Gasteiger partial charge is 0.228 e. The second kappa shape index (κ2) is 3.92. The molecule has 3 nitrogen and oxygen atoms in total. The van der Waals surface area contributed by atoms with Crippen LogP contribution in [-0.4, -0.2) is 18.2 Å². The lowest BCUT2D eigenvalue weighted by molar-refractivity contribution is -0.120. The highest BCUT2D eigenvalue weighted by Gasteiger charge is 2.42. The van der Waals surface area contributed by atoms with Gasteiger partial charge in [0.15, 0.2) is 5.71 Å². The molecule has 1 aliphatic carbocycles. The van der Waals surface area contributed by atoms with Gasteiger partial charge in [-0.2, -0.15) is 0 Å². The fraction of sp³-hybridized carbons (Fsp3) is 0.294. The Kier molecular flexibility index (Phi) is 2.28. The van der Waals surface area contributed by atoms with Gasteiger partial charge in [-0.05, 0) is 24.0 Å². The molecule has 2 aliphatic heterocycles. The van der Waals surface area contributed by atoms with Gasteiger partial charge < -0.3 is 4.90 Å². The van der Waals surface area contributed by atoms with E-state index in [9.17, 15) is 4.79 Å². The number of allylic oxidation sites excluding steroid dienone is 4. The first kappa shape index (κ1) is 11.6. The molecule has 3 heteroatoms. The molecule has 1 aromatic carbocycles. The molecule has 2 heterocycles. The lowest BCUT2D eigenvalue weighted by Crippen LogP contribution is -2.47. The van der Waals surface area contributed by atoms with Crippen LogP contribution < -0.4 is 10.3 Å². The van der Waals surface area contributed by atoms with Crippen LogP contribution in [0, 0.1) is 0 Å². The van der Waals surface area contributed by atoms with Gasteiger partial charge in [0.1, 0.15) is 0 Å². The highest BCUT2D eigenvalue weighted by Crippen LogP contribution is 2.46. The van der Waals surface area contributed by atoms with Crippen LogP contribution in [0.2, 0.25) is 0 Å². The first-order valence-corrected chi connectivity index (χ1v) is 7.13. The number of amides is 1. The van der Waals surface area contributed by atoms with Crippen LogP contribution in [-0.2, 0) is 16.6 Å². The molecular formula is C17H17N2O+. The summed E-state index contributed by atoms with van der Waals surface area (Å²) in [4.78, 5) is 14.5. The van der Waals surface area contributed by atoms with Gasteiger partial charge in [0.2, 0.25) is 5.91 Å². The lowest BCUT2D eigenvalue weighted by Gasteiger charge is -2.43. The summed E-state index contributed by atoms with van der Waals surface area (Å²) in [5, 5.41) is 5.82.